The smallest absolute Gasteiger partial charge is 0.122 e. The lowest BCUT2D eigenvalue weighted by Gasteiger charge is -2.52. The number of benzene rings is 1. The summed E-state index contributed by atoms with van der Waals surface area (Å²) in [4.78, 5) is 0. The van der Waals surface area contributed by atoms with Gasteiger partial charge in [-0.1, -0.05) is 52.4 Å². The maximum absolute atomic E-state index is 11.6. The minimum atomic E-state index is -0.948. The number of nitrogens with one attached hydrogen (secondary N) is 2. The quantitative estimate of drug-likeness (QED) is 0.186. The topological polar surface area (TPSA) is 105 Å². The van der Waals surface area contributed by atoms with E-state index in [2.05, 4.69) is 38.3 Å². The van der Waals surface area contributed by atoms with Crippen LogP contribution in [0.4, 0.5) is 0 Å². The summed E-state index contributed by atoms with van der Waals surface area (Å²) in [6.07, 6.45) is 9.23. The van der Waals surface area contributed by atoms with E-state index in [1.165, 1.54) is 50.7 Å². The van der Waals surface area contributed by atoms with Gasteiger partial charge in [0.15, 0.2) is 0 Å². The Morgan fingerprint density at radius 3 is 1.47 bits per heavy atom. The van der Waals surface area contributed by atoms with Gasteiger partial charge in [-0.15, -0.1) is 0 Å². The minimum Gasteiger partial charge on any atom is -0.508 e. The van der Waals surface area contributed by atoms with Crippen molar-refractivity contribution in [3.8, 4) is 11.5 Å². The minimum absolute atomic E-state index is 0.0367. The molecule has 1 saturated carbocycles. The Kier molecular flexibility index (Phi) is 10.1. The van der Waals surface area contributed by atoms with Crippen molar-refractivity contribution in [2.45, 2.75) is 128 Å². The Labute approximate surface area is 206 Å². The molecule has 2 aliphatic rings. The lowest BCUT2D eigenvalue weighted by Crippen LogP contribution is -2.59. The highest BCUT2D eigenvalue weighted by Crippen LogP contribution is 2.55. The Morgan fingerprint density at radius 2 is 1.12 bits per heavy atom. The van der Waals surface area contributed by atoms with Gasteiger partial charge >= 0.3 is 0 Å². The summed E-state index contributed by atoms with van der Waals surface area (Å²) in [6.45, 7) is 8.82. The molecule has 2 aliphatic carbocycles. The number of rotatable bonds is 12. The molecule has 0 spiro atoms. The number of aliphatic hydroxyl groups excluding tert-OH is 2. The van der Waals surface area contributed by atoms with E-state index in [0.29, 0.717) is 12.1 Å². The van der Waals surface area contributed by atoms with Gasteiger partial charge in [0.2, 0.25) is 0 Å². The maximum atomic E-state index is 11.6. The van der Waals surface area contributed by atoms with Crippen LogP contribution < -0.4 is 10.6 Å². The number of hydrogen-bond donors (Lipinski definition) is 6. The lowest BCUT2D eigenvalue weighted by molar-refractivity contribution is -0.0715. The molecule has 6 heteroatoms. The second kappa shape index (κ2) is 12.6. The van der Waals surface area contributed by atoms with Crippen molar-refractivity contribution < 1.29 is 20.4 Å². The second-order valence-electron chi connectivity index (χ2n) is 10.9. The van der Waals surface area contributed by atoms with Crippen LogP contribution in [0.1, 0.15) is 115 Å². The molecule has 8 atom stereocenters. The normalized spacial score (nSPS) is 30.4. The summed E-state index contributed by atoms with van der Waals surface area (Å²) in [5.41, 5.74) is 0.576. The second-order valence-corrected chi connectivity index (χ2v) is 10.9. The van der Waals surface area contributed by atoms with Gasteiger partial charge in [0.1, 0.15) is 11.5 Å². The van der Waals surface area contributed by atoms with E-state index in [1.807, 2.05) is 0 Å². The highest BCUT2D eigenvalue weighted by molar-refractivity contribution is 5.52. The average molecular weight is 477 g/mol. The molecule has 6 nitrogen and oxygen atoms in total. The van der Waals surface area contributed by atoms with Crippen molar-refractivity contribution in [3.63, 3.8) is 0 Å². The Balaban J connectivity index is 1.87. The number of hydrogen-bond acceptors (Lipinski definition) is 6. The highest BCUT2D eigenvalue weighted by Gasteiger charge is 2.52. The zero-order valence-electron chi connectivity index (χ0n) is 21.6. The van der Waals surface area contributed by atoms with E-state index in [9.17, 15) is 20.4 Å². The summed E-state index contributed by atoms with van der Waals surface area (Å²) in [5, 5.41) is 51.8. The van der Waals surface area contributed by atoms with Gasteiger partial charge in [-0.2, -0.15) is 0 Å². The molecule has 1 aromatic rings. The van der Waals surface area contributed by atoms with E-state index in [4.69, 9.17) is 0 Å². The number of unbranched alkanes of at least 4 members (excludes halogenated alkanes) is 4. The molecule has 0 heterocycles. The first-order valence-electron chi connectivity index (χ1n) is 13.7. The molecule has 6 N–H and O–H groups in total. The van der Waals surface area contributed by atoms with Crippen LogP contribution in [0.2, 0.25) is 0 Å². The summed E-state index contributed by atoms with van der Waals surface area (Å²) >= 11 is 0. The standard InChI is InChI=1S/C28H48N2O4/c1-5-7-9-11-17(3)29-19-13-14-20(30-18(4)12-10-8-6-2)24-23(19)27(33)25-21(31)15-16-22(32)26(25)28(24)34/h15-20,23-24,27-34H,5-14H2,1-4H3. The van der Waals surface area contributed by atoms with Gasteiger partial charge in [-0.25, -0.2) is 0 Å². The van der Waals surface area contributed by atoms with Crippen LogP contribution in [0, 0.1) is 11.8 Å². The molecular formula is C28H48N2O4. The van der Waals surface area contributed by atoms with Crippen molar-refractivity contribution in [2.24, 2.45) is 11.8 Å². The number of phenolic OH excluding ortho intramolecular Hbond substituents is 2. The monoisotopic (exact) mass is 476 g/mol. The highest BCUT2D eigenvalue weighted by atomic mass is 16.3. The SMILES string of the molecule is CCCCCC(C)NC1CCC(NC(C)CCCCC)C2C(O)c3c(O)ccc(O)c3C(O)C12. The Morgan fingerprint density at radius 1 is 0.735 bits per heavy atom. The number of phenols is 2. The van der Waals surface area contributed by atoms with Crippen molar-refractivity contribution in [1.29, 1.82) is 0 Å². The maximum Gasteiger partial charge on any atom is 0.122 e. The van der Waals surface area contributed by atoms with E-state index in [-0.39, 0.29) is 46.5 Å². The fourth-order valence-corrected chi connectivity index (χ4v) is 6.45. The largest absolute Gasteiger partial charge is 0.508 e. The average Bonchev–Trinajstić information content (AvgIpc) is 2.80. The summed E-state index contributed by atoms with van der Waals surface area (Å²) in [7, 11) is 0. The summed E-state index contributed by atoms with van der Waals surface area (Å²) in [5.74, 6) is -0.623. The van der Waals surface area contributed by atoms with Crippen LogP contribution >= 0.6 is 0 Å². The van der Waals surface area contributed by atoms with Crippen molar-refractivity contribution in [1.82, 2.24) is 10.6 Å². The lowest BCUT2D eigenvalue weighted by atomic mass is 9.61. The van der Waals surface area contributed by atoms with Crippen LogP contribution in [0.3, 0.4) is 0 Å². The van der Waals surface area contributed by atoms with Crippen molar-refractivity contribution >= 4 is 0 Å². The third kappa shape index (κ3) is 6.07. The van der Waals surface area contributed by atoms with Gasteiger partial charge < -0.3 is 31.1 Å². The molecule has 1 aromatic carbocycles. The van der Waals surface area contributed by atoms with Gasteiger partial charge in [0.05, 0.1) is 12.2 Å². The van der Waals surface area contributed by atoms with Gasteiger partial charge in [0.25, 0.3) is 0 Å². The third-order valence-electron chi connectivity index (χ3n) is 8.20. The molecule has 1 fully saturated rings. The van der Waals surface area contributed by atoms with Crippen LogP contribution in [0.25, 0.3) is 0 Å². The van der Waals surface area contributed by atoms with Gasteiger partial charge in [-0.3, -0.25) is 0 Å². The van der Waals surface area contributed by atoms with Gasteiger partial charge in [-0.05, 0) is 51.7 Å². The van der Waals surface area contributed by atoms with Crippen LogP contribution in [-0.4, -0.2) is 44.6 Å². The molecule has 0 aliphatic heterocycles. The predicted molar refractivity (Wildman–Crippen MR) is 137 cm³/mol. The third-order valence-corrected chi connectivity index (χ3v) is 8.20. The number of fused-ring (bicyclic) bond motifs is 2. The first-order chi connectivity index (χ1) is 16.3. The molecule has 0 saturated heterocycles. The fraction of sp³-hybridized carbons (Fsp3) is 0.786. The molecule has 8 unspecified atom stereocenters. The van der Waals surface area contributed by atoms with E-state index in [0.717, 1.165) is 25.7 Å². The van der Waals surface area contributed by atoms with Crippen molar-refractivity contribution in [2.75, 3.05) is 0 Å². The Hall–Kier alpha value is -1.34. The van der Waals surface area contributed by atoms with E-state index < -0.39 is 12.2 Å². The number of aromatic hydroxyl groups is 2. The molecule has 34 heavy (non-hydrogen) atoms. The summed E-state index contributed by atoms with van der Waals surface area (Å²) < 4.78 is 0. The summed E-state index contributed by atoms with van der Waals surface area (Å²) in [6, 6.07) is 3.53. The molecule has 0 radical (unpaired) electrons. The van der Waals surface area contributed by atoms with Crippen LogP contribution in [0.5, 0.6) is 11.5 Å². The molecular weight excluding hydrogens is 428 g/mol. The van der Waals surface area contributed by atoms with E-state index >= 15 is 0 Å². The zero-order chi connectivity index (χ0) is 24.8. The van der Waals surface area contributed by atoms with Gasteiger partial charge in [0, 0.05) is 47.1 Å². The Bertz CT molecular complexity index is 710. The van der Waals surface area contributed by atoms with E-state index in [1.54, 1.807) is 0 Å². The van der Waals surface area contributed by atoms with Crippen LogP contribution in [-0.2, 0) is 0 Å². The fourth-order valence-electron chi connectivity index (χ4n) is 6.45. The number of aliphatic hydroxyl groups is 2. The molecule has 0 amide bonds. The van der Waals surface area contributed by atoms with Crippen LogP contribution in [0.15, 0.2) is 12.1 Å². The van der Waals surface area contributed by atoms with Crippen molar-refractivity contribution in [3.05, 3.63) is 23.3 Å². The molecule has 0 bridgehead atoms. The molecule has 194 valence electrons. The molecule has 3 rings (SSSR count). The predicted octanol–water partition coefficient (Wildman–Crippen LogP) is 5.06. The molecule has 0 aromatic heterocycles. The first kappa shape index (κ1) is 27.3. The first-order valence-corrected chi connectivity index (χ1v) is 13.7. The zero-order valence-corrected chi connectivity index (χ0v) is 21.6.